The molecule has 0 bridgehead atoms. The van der Waals surface area contributed by atoms with E-state index < -0.39 is 61.5 Å². The lowest BCUT2D eigenvalue weighted by molar-refractivity contribution is -0.171. The highest BCUT2D eigenvalue weighted by Gasteiger charge is 2.38. The van der Waals surface area contributed by atoms with Crippen LogP contribution >= 0.6 is 0 Å². The van der Waals surface area contributed by atoms with Gasteiger partial charge in [-0.05, 0) is 27.7 Å². The van der Waals surface area contributed by atoms with Crippen molar-refractivity contribution in [1.29, 1.82) is 0 Å². The van der Waals surface area contributed by atoms with Crippen LogP contribution in [-0.4, -0.2) is 63.9 Å². The minimum atomic E-state index is -1.21. The number of carbonyl (C=O) groups is 2. The number of carbonyl (C=O) groups excluding carboxylic acids is 2. The van der Waals surface area contributed by atoms with E-state index in [1.54, 1.807) is 20.8 Å². The molecule has 0 aromatic rings. The number of rotatable bonds is 11. The lowest BCUT2D eigenvalue weighted by Gasteiger charge is -2.32. The quantitative estimate of drug-likeness (QED) is 0.529. The zero-order chi connectivity index (χ0) is 18.9. The highest BCUT2D eigenvalue weighted by atomic mass is 19.1. The van der Waals surface area contributed by atoms with Gasteiger partial charge >= 0.3 is 11.9 Å². The van der Waals surface area contributed by atoms with Crippen LogP contribution in [0.1, 0.15) is 27.7 Å². The molecular formula is C16H28F2O6. The van der Waals surface area contributed by atoms with Crippen LogP contribution in [0.4, 0.5) is 8.78 Å². The molecule has 6 unspecified atom stereocenters. The van der Waals surface area contributed by atoms with Crippen LogP contribution in [0.2, 0.25) is 0 Å². The van der Waals surface area contributed by atoms with Crippen LogP contribution in [0.15, 0.2) is 0 Å². The van der Waals surface area contributed by atoms with E-state index in [1.165, 1.54) is 14.0 Å². The summed E-state index contributed by atoms with van der Waals surface area (Å²) in [6.07, 6.45) is -3.47. The van der Waals surface area contributed by atoms with Crippen molar-refractivity contribution >= 4 is 11.9 Å². The van der Waals surface area contributed by atoms with Crippen molar-refractivity contribution in [3.63, 3.8) is 0 Å². The third-order valence-corrected chi connectivity index (χ3v) is 3.86. The van der Waals surface area contributed by atoms with Crippen LogP contribution in [0.5, 0.6) is 0 Å². The fourth-order valence-corrected chi connectivity index (χ4v) is 2.25. The summed E-state index contributed by atoms with van der Waals surface area (Å²) in [6.45, 7) is 4.43. The molecular weight excluding hydrogens is 326 g/mol. The van der Waals surface area contributed by atoms with Crippen LogP contribution in [0, 0.1) is 11.8 Å². The van der Waals surface area contributed by atoms with Gasteiger partial charge < -0.3 is 18.9 Å². The lowest BCUT2D eigenvalue weighted by atomic mass is 9.96. The van der Waals surface area contributed by atoms with Crippen LogP contribution in [-0.2, 0) is 28.5 Å². The Balaban J connectivity index is 5.15. The minimum Gasteiger partial charge on any atom is -0.469 e. The Hall–Kier alpha value is -1.28. The van der Waals surface area contributed by atoms with Crippen molar-refractivity contribution in [2.75, 3.05) is 27.6 Å². The van der Waals surface area contributed by atoms with Gasteiger partial charge in [-0.25, -0.2) is 8.78 Å². The van der Waals surface area contributed by atoms with Crippen molar-refractivity contribution in [2.45, 2.75) is 52.1 Å². The first-order chi connectivity index (χ1) is 11.2. The van der Waals surface area contributed by atoms with Gasteiger partial charge in [0.25, 0.3) is 0 Å². The Kier molecular flexibility index (Phi) is 10.7. The average Bonchev–Trinajstić information content (AvgIpc) is 2.58. The molecule has 0 amide bonds. The first-order valence-corrected chi connectivity index (χ1v) is 7.81. The second-order valence-corrected chi connectivity index (χ2v) is 5.70. The second kappa shape index (κ2) is 11.3. The van der Waals surface area contributed by atoms with Gasteiger partial charge in [-0.1, -0.05) is 0 Å². The molecule has 0 spiro atoms. The van der Waals surface area contributed by atoms with E-state index in [1.807, 2.05) is 0 Å². The molecule has 24 heavy (non-hydrogen) atoms. The lowest BCUT2D eigenvalue weighted by Crippen LogP contribution is -2.45. The van der Waals surface area contributed by atoms with E-state index in [-0.39, 0.29) is 0 Å². The topological polar surface area (TPSA) is 71.1 Å². The summed E-state index contributed by atoms with van der Waals surface area (Å²) in [7, 11) is 2.42. The number of hydrogen-bond acceptors (Lipinski definition) is 6. The Morgan fingerprint density at radius 2 is 1.38 bits per heavy atom. The van der Waals surface area contributed by atoms with Crippen molar-refractivity contribution in [2.24, 2.45) is 11.8 Å². The van der Waals surface area contributed by atoms with Crippen molar-refractivity contribution in [1.82, 2.24) is 0 Å². The maximum atomic E-state index is 13.4. The van der Waals surface area contributed by atoms with Gasteiger partial charge in [0.15, 0.2) is 0 Å². The second-order valence-electron chi connectivity index (χ2n) is 5.70. The molecule has 6 nitrogen and oxygen atoms in total. The summed E-state index contributed by atoms with van der Waals surface area (Å²) in [5, 5.41) is 0. The van der Waals surface area contributed by atoms with E-state index in [2.05, 4.69) is 4.74 Å². The molecule has 6 atom stereocenters. The molecule has 0 fully saturated rings. The fourth-order valence-electron chi connectivity index (χ4n) is 2.25. The molecule has 0 heterocycles. The Labute approximate surface area is 141 Å². The highest BCUT2D eigenvalue weighted by molar-refractivity contribution is 5.74. The van der Waals surface area contributed by atoms with Crippen LogP contribution in [0.3, 0.4) is 0 Å². The van der Waals surface area contributed by atoms with Crippen LogP contribution < -0.4 is 0 Å². The molecule has 0 radical (unpaired) electrons. The first kappa shape index (κ1) is 22.7. The van der Waals surface area contributed by atoms with Gasteiger partial charge in [0, 0.05) is 0 Å². The molecule has 0 saturated carbocycles. The molecule has 0 aromatic carbocycles. The maximum absolute atomic E-state index is 13.4. The monoisotopic (exact) mass is 354 g/mol. The third-order valence-electron chi connectivity index (χ3n) is 3.86. The molecule has 142 valence electrons. The molecule has 0 saturated heterocycles. The third kappa shape index (κ3) is 6.68. The molecule has 0 rings (SSSR count). The van der Waals surface area contributed by atoms with Crippen LogP contribution in [0.25, 0.3) is 0 Å². The first-order valence-electron chi connectivity index (χ1n) is 7.81. The van der Waals surface area contributed by atoms with Gasteiger partial charge in [0.05, 0.1) is 38.4 Å². The van der Waals surface area contributed by atoms with E-state index in [4.69, 9.17) is 14.2 Å². The van der Waals surface area contributed by atoms with E-state index in [9.17, 15) is 18.4 Å². The minimum absolute atomic E-state index is 0.464. The number of hydrogen-bond donors (Lipinski definition) is 0. The Morgan fingerprint density at radius 1 is 0.833 bits per heavy atom. The predicted molar refractivity (Wildman–Crippen MR) is 83.0 cm³/mol. The summed E-state index contributed by atoms with van der Waals surface area (Å²) in [4.78, 5) is 23.6. The van der Waals surface area contributed by atoms with Gasteiger partial charge in [-0.15, -0.1) is 0 Å². The van der Waals surface area contributed by atoms with Gasteiger partial charge in [0.1, 0.15) is 25.4 Å². The van der Waals surface area contributed by atoms with Crippen molar-refractivity contribution in [3.8, 4) is 0 Å². The Morgan fingerprint density at radius 3 is 1.79 bits per heavy atom. The largest absolute Gasteiger partial charge is 0.469 e. The summed E-state index contributed by atoms with van der Waals surface area (Å²) >= 11 is 0. The molecule has 0 aliphatic heterocycles. The summed E-state index contributed by atoms with van der Waals surface area (Å²) < 4.78 is 46.2. The zero-order valence-corrected chi connectivity index (χ0v) is 15.1. The van der Waals surface area contributed by atoms with Gasteiger partial charge in [0.2, 0.25) is 0 Å². The summed E-state index contributed by atoms with van der Waals surface area (Å²) in [6, 6.07) is 0. The number of alkyl halides is 2. The number of halogens is 2. The normalized spacial score (nSPS) is 18.8. The number of ether oxygens (including phenoxy) is 4. The summed E-state index contributed by atoms with van der Waals surface area (Å²) in [5.41, 5.74) is 0. The number of methoxy groups -OCH3 is 2. The number of esters is 2. The molecule has 0 N–H and O–H groups in total. The van der Waals surface area contributed by atoms with Gasteiger partial charge in [-0.2, -0.15) is 0 Å². The molecule has 0 aromatic heterocycles. The van der Waals surface area contributed by atoms with Gasteiger partial charge in [-0.3, -0.25) is 9.59 Å². The fraction of sp³-hybridized carbons (Fsp3) is 0.875. The Bertz CT molecular complexity index is 393. The predicted octanol–water partition coefficient (Wildman–Crippen LogP) is 2.09. The molecule has 8 heteroatoms. The molecule has 0 aliphatic carbocycles. The highest BCUT2D eigenvalue weighted by Crippen LogP contribution is 2.23. The smallest absolute Gasteiger partial charge is 0.314 e. The van der Waals surface area contributed by atoms with Crippen molar-refractivity contribution < 1.29 is 37.3 Å². The van der Waals surface area contributed by atoms with E-state index in [0.717, 1.165) is 7.11 Å². The zero-order valence-electron chi connectivity index (χ0n) is 15.1. The standard InChI is InChI=1S/C16H28F2O6/c1-9(7-17)23-13(8-18)14(16(20)22-6)12(4)24-11(3)10(2)15(19)21-5/h9-14H,7-8H2,1-6H3. The SMILES string of the molecule is COC(=O)C(C)C(C)OC(C)C(C(=O)OC)C(CF)OC(C)CF. The average molecular weight is 354 g/mol. The summed E-state index contributed by atoms with van der Waals surface area (Å²) in [5.74, 6) is -2.87. The van der Waals surface area contributed by atoms with Crippen molar-refractivity contribution in [3.05, 3.63) is 0 Å². The maximum Gasteiger partial charge on any atom is 0.314 e. The van der Waals surface area contributed by atoms with E-state index >= 15 is 0 Å². The van der Waals surface area contributed by atoms with E-state index in [0.29, 0.717) is 0 Å². The molecule has 0 aliphatic rings.